The largest absolute Gasteiger partial charge is 0.323 e. The van der Waals surface area contributed by atoms with Crippen LogP contribution in [0.15, 0.2) is 73.3 Å². The zero-order chi connectivity index (χ0) is 19.9. The van der Waals surface area contributed by atoms with Gasteiger partial charge in [-0.25, -0.2) is 0 Å². The normalized spacial score (nSPS) is 15.6. The average molecular weight is 393 g/mol. The minimum Gasteiger partial charge on any atom is -0.323 e. The molecule has 2 aromatic carbocycles. The molecule has 0 bridgehead atoms. The number of hydrogen-bond acceptors (Lipinski definition) is 0. The molecule has 2 aliphatic carbocycles. The lowest BCUT2D eigenvalue weighted by Gasteiger charge is -2.09. The highest BCUT2D eigenvalue weighted by Gasteiger charge is 2.14. The number of rotatable bonds is 3. The third-order valence-electron chi connectivity index (χ3n) is 6.91. The number of benzene rings is 2. The van der Waals surface area contributed by atoms with Crippen LogP contribution in [0.1, 0.15) is 47.9 Å². The maximum Gasteiger partial charge on any atom is 0.0455 e. The zero-order valence-corrected chi connectivity index (χ0v) is 17.5. The molecule has 2 aliphatic rings. The van der Waals surface area contributed by atoms with Crippen molar-refractivity contribution < 1.29 is 0 Å². The Morgan fingerprint density at radius 2 is 0.833 bits per heavy atom. The van der Waals surface area contributed by atoms with Crippen molar-refractivity contribution in [1.29, 1.82) is 0 Å². The Bertz CT molecular complexity index is 1060. The quantitative estimate of drug-likeness (QED) is 0.367. The number of aromatic nitrogens is 2. The third kappa shape index (κ3) is 3.21. The molecule has 2 heteroatoms. The van der Waals surface area contributed by atoms with Crippen molar-refractivity contribution in [2.45, 2.75) is 51.4 Å². The molecule has 0 atom stereocenters. The molecule has 150 valence electrons. The molecule has 0 unspecified atom stereocenters. The summed E-state index contributed by atoms with van der Waals surface area (Å²) in [5, 5.41) is 0. The maximum absolute atomic E-state index is 2.34. The van der Waals surface area contributed by atoms with Gasteiger partial charge < -0.3 is 9.13 Å². The Morgan fingerprint density at radius 3 is 1.20 bits per heavy atom. The van der Waals surface area contributed by atoms with Crippen molar-refractivity contribution in [1.82, 2.24) is 9.13 Å². The van der Waals surface area contributed by atoms with E-state index in [1.165, 1.54) is 96.1 Å². The van der Waals surface area contributed by atoms with Crippen molar-refractivity contribution in [3.63, 3.8) is 0 Å². The van der Waals surface area contributed by atoms with Gasteiger partial charge in [0.15, 0.2) is 0 Å². The van der Waals surface area contributed by atoms with Crippen LogP contribution in [0.5, 0.6) is 0 Å². The van der Waals surface area contributed by atoms with Crippen molar-refractivity contribution >= 4 is 0 Å². The molecular weight excluding hydrogens is 364 g/mol. The van der Waals surface area contributed by atoms with Crippen molar-refractivity contribution in [2.75, 3.05) is 0 Å². The molecule has 2 heterocycles. The van der Waals surface area contributed by atoms with Crippen LogP contribution >= 0.6 is 0 Å². The average Bonchev–Trinajstić information content (AvgIpc) is 3.44. The molecule has 0 fully saturated rings. The first kappa shape index (κ1) is 17.8. The van der Waals surface area contributed by atoms with Gasteiger partial charge in [0.05, 0.1) is 0 Å². The second-order valence-corrected chi connectivity index (χ2v) is 8.95. The van der Waals surface area contributed by atoms with Gasteiger partial charge in [-0.15, -0.1) is 0 Å². The standard InChI is InChI=1S/C28H28N2/c1-2-8-24-18-29(17-23(24)7-1)27-13-5-11-21(15-27)22-12-6-14-28(16-22)30-19-25-9-3-4-10-26(25)20-30/h5-6,11-20H,1-4,7-10H2. The Morgan fingerprint density at radius 1 is 0.467 bits per heavy atom. The number of nitrogens with zero attached hydrogens (tertiary/aromatic N) is 2. The fourth-order valence-electron chi connectivity index (χ4n) is 5.23. The molecular formula is C28H28N2. The van der Waals surface area contributed by atoms with Gasteiger partial charge in [-0.1, -0.05) is 24.3 Å². The fourth-order valence-corrected chi connectivity index (χ4v) is 5.23. The van der Waals surface area contributed by atoms with Crippen LogP contribution in [-0.2, 0) is 25.7 Å². The van der Waals surface area contributed by atoms with Crippen LogP contribution in [0.3, 0.4) is 0 Å². The lowest BCUT2D eigenvalue weighted by Crippen LogP contribution is -1.97. The van der Waals surface area contributed by atoms with E-state index in [2.05, 4.69) is 82.5 Å². The van der Waals surface area contributed by atoms with E-state index in [1.807, 2.05) is 0 Å². The van der Waals surface area contributed by atoms with E-state index >= 15 is 0 Å². The van der Waals surface area contributed by atoms with Gasteiger partial charge in [0.1, 0.15) is 0 Å². The monoisotopic (exact) mass is 392 g/mol. The summed E-state index contributed by atoms with van der Waals surface area (Å²) in [5.74, 6) is 0. The minimum atomic E-state index is 1.23. The molecule has 0 saturated carbocycles. The summed E-state index contributed by atoms with van der Waals surface area (Å²) in [6, 6.07) is 17.9. The number of fused-ring (bicyclic) bond motifs is 2. The molecule has 0 N–H and O–H groups in total. The van der Waals surface area contributed by atoms with Crippen LogP contribution in [-0.4, -0.2) is 9.13 Å². The fraction of sp³-hybridized carbons (Fsp3) is 0.286. The molecule has 0 aliphatic heterocycles. The summed E-state index contributed by atoms with van der Waals surface area (Å²) in [4.78, 5) is 0. The van der Waals surface area contributed by atoms with Crippen LogP contribution < -0.4 is 0 Å². The van der Waals surface area contributed by atoms with E-state index in [0.717, 1.165) is 0 Å². The van der Waals surface area contributed by atoms with Crippen LogP contribution in [0, 0.1) is 0 Å². The van der Waals surface area contributed by atoms with E-state index in [-0.39, 0.29) is 0 Å². The van der Waals surface area contributed by atoms with Gasteiger partial charge in [0, 0.05) is 36.2 Å². The molecule has 0 saturated heterocycles. The van der Waals surface area contributed by atoms with Gasteiger partial charge in [0.25, 0.3) is 0 Å². The zero-order valence-electron chi connectivity index (χ0n) is 17.5. The summed E-state index contributed by atoms with van der Waals surface area (Å²) >= 11 is 0. The highest BCUT2D eigenvalue weighted by molar-refractivity contribution is 5.68. The summed E-state index contributed by atoms with van der Waals surface area (Å²) in [6.07, 6.45) is 19.6. The van der Waals surface area contributed by atoms with Gasteiger partial charge in [-0.3, -0.25) is 0 Å². The Balaban J connectivity index is 1.34. The van der Waals surface area contributed by atoms with Gasteiger partial charge in [-0.05, 0) is 109 Å². The lowest BCUT2D eigenvalue weighted by atomic mass is 9.96. The first-order valence-electron chi connectivity index (χ1n) is 11.4. The maximum atomic E-state index is 2.34. The third-order valence-corrected chi connectivity index (χ3v) is 6.91. The molecule has 0 amide bonds. The van der Waals surface area contributed by atoms with Gasteiger partial charge >= 0.3 is 0 Å². The van der Waals surface area contributed by atoms with E-state index in [0.29, 0.717) is 0 Å². The highest BCUT2D eigenvalue weighted by Crippen LogP contribution is 2.29. The lowest BCUT2D eigenvalue weighted by molar-refractivity contribution is 0.690. The second-order valence-electron chi connectivity index (χ2n) is 8.95. The summed E-state index contributed by atoms with van der Waals surface area (Å²) in [7, 11) is 0. The van der Waals surface area contributed by atoms with E-state index < -0.39 is 0 Å². The van der Waals surface area contributed by atoms with Gasteiger partial charge in [-0.2, -0.15) is 0 Å². The number of hydrogen-bond donors (Lipinski definition) is 0. The molecule has 30 heavy (non-hydrogen) atoms. The second kappa shape index (κ2) is 7.36. The van der Waals surface area contributed by atoms with Crippen molar-refractivity contribution in [3.8, 4) is 22.5 Å². The van der Waals surface area contributed by atoms with E-state index in [1.54, 1.807) is 0 Å². The van der Waals surface area contributed by atoms with Crippen LogP contribution in [0.25, 0.3) is 22.5 Å². The first-order chi connectivity index (χ1) is 14.8. The van der Waals surface area contributed by atoms with E-state index in [4.69, 9.17) is 0 Å². The summed E-state index contributed by atoms with van der Waals surface area (Å²) < 4.78 is 4.65. The molecule has 4 aromatic rings. The molecule has 0 spiro atoms. The first-order valence-corrected chi connectivity index (χ1v) is 11.4. The Hall–Kier alpha value is -3.00. The van der Waals surface area contributed by atoms with Gasteiger partial charge in [0.2, 0.25) is 0 Å². The Labute approximate surface area is 178 Å². The molecule has 6 rings (SSSR count). The molecule has 0 radical (unpaired) electrons. The SMILES string of the molecule is c1cc(-c2cccc(-n3cc4c(c3)CCCC4)c2)cc(-n2cc3c(c2)CCCC3)c1. The molecule has 2 aromatic heterocycles. The topological polar surface area (TPSA) is 9.86 Å². The predicted molar refractivity (Wildman–Crippen MR) is 124 cm³/mol. The van der Waals surface area contributed by atoms with Crippen LogP contribution in [0.2, 0.25) is 0 Å². The Kier molecular flexibility index (Phi) is 4.37. The van der Waals surface area contributed by atoms with E-state index in [9.17, 15) is 0 Å². The summed E-state index contributed by atoms with van der Waals surface area (Å²) in [6.45, 7) is 0. The smallest absolute Gasteiger partial charge is 0.0455 e. The van der Waals surface area contributed by atoms with Crippen molar-refractivity contribution in [2.24, 2.45) is 0 Å². The minimum absolute atomic E-state index is 1.23. The highest BCUT2D eigenvalue weighted by atomic mass is 15.0. The van der Waals surface area contributed by atoms with Crippen molar-refractivity contribution in [3.05, 3.63) is 95.6 Å². The predicted octanol–water partition coefficient (Wildman–Crippen LogP) is 6.69. The summed E-state index contributed by atoms with van der Waals surface area (Å²) in [5.41, 5.74) is 11.2. The molecule has 2 nitrogen and oxygen atoms in total. The number of aryl methyl sites for hydroxylation is 4. The van der Waals surface area contributed by atoms with Crippen LogP contribution in [0.4, 0.5) is 0 Å².